The van der Waals surface area contributed by atoms with Crippen molar-refractivity contribution in [3.63, 3.8) is 0 Å². The van der Waals surface area contributed by atoms with Gasteiger partial charge in [0.15, 0.2) is 0 Å². The summed E-state index contributed by atoms with van der Waals surface area (Å²) < 4.78 is 0. The molecule has 0 spiro atoms. The normalized spacial score (nSPS) is 19.0. The molecule has 22 heavy (non-hydrogen) atoms. The lowest BCUT2D eigenvalue weighted by molar-refractivity contribution is 0.247. The fraction of sp³-hybridized carbons (Fsp3) is 0.571. The topological polar surface area (TPSA) is 79.8 Å². The highest BCUT2D eigenvalue weighted by molar-refractivity contribution is 7.15. The summed E-state index contributed by atoms with van der Waals surface area (Å²) in [6.07, 6.45) is 4.67. The fourth-order valence-electron chi connectivity index (χ4n) is 2.38. The van der Waals surface area contributed by atoms with Crippen LogP contribution >= 0.6 is 22.7 Å². The van der Waals surface area contributed by atoms with Crippen molar-refractivity contribution in [2.75, 3.05) is 5.32 Å². The lowest BCUT2D eigenvalue weighted by atomic mass is 10.2. The van der Waals surface area contributed by atoms with Crippen LogP contribution < -0.4 is 10.6 Å². The summed E-state index contributed by atoms with van der Waals surface area (Å²) in [6, 6.07) is -0.210. The minimum Gasteiger partial charge on any atom is -0.328 e. The first-order valence-electron chi connectivity index (χ1n) is 7.52. The molecule has 0 aliphatic heterocycles. The molecule has 8 heteroatoms. The van der Waals surface area contributed by atoms with Gasteiger partial charge in [-0.25, -0.2) is 9.78 Å². The summed E-state index contributed by atoms with van der Waals surface area (Å²) in [4.78, 5) is 16.7. The number of nitrogens with one attached hydrogen (secondary N) is 2. The van der Waals surface area contributed by atoms with Crippen molar-refractivity contribution in [1.82, 2.24) is 20.5 Å². The van der Waals surface area contributed by atoms with Crippen LogP contribution in [0.15, 0.2) is 5.38 Å². The number of hydrogen-bond acceptors (Lipinski definition) is 6. The number of hydrogen-bond donors (Lipinski definition) is 2. The van der Waals surface area contributed by atoms with E-state index in [9.17, 15) is 4.79 Å². The van der Waals surface area contributed by atoms with E-state index in [0.717, 1.165) is 28.6 Å². The van der Waals surface area contributed by atoms with Gasteiger partial charge in [0.2, 0.25) is 5.13 Å². The van der Waals surface area contributed by atoms with Gasteiger partial charge in [-0.1, -0.05) is 11.3 Å². The third-order valence-corrected chi connectivity index (χ3v) is 5.92. The molecule has 2 amide bonds. The fourth-order valence-corrected chi connectivity index (χ4v) is 4.23. The van der Waals surface area contributed by atoms with Crippen molar-refractivity contribution in [3.8, 4) is 0 Å². The number of aryl methyl sites for hydroxylation is 1. The lowest BCUT2D eigenvalue weighted by Crippen LogP contribution is -2.33. The molecule has 116 valence electrons. The molecule has 2 aliphatic rings. The van der Waals surface area contributed by atoms with E-state index in [1.807, 2.05) is 12.3 Å². The van der Waals surface area contributed by atoms with Gasteiger partial charge in [-0.2, -0.15) is 0 Å². The number of urea groups is 1. The van der Waals surface area contributed by atoms with E-state index in [-0.39, 0.29) is 12.1 Å². The van der Waals surface area contributed by atoms with E-state index in [1.54, 1.807) is 11.3 Å². The molecule has 2 heterocycles. The van der Waals surface area contributed by atoms with Crippen molar-refractivity contribution in [2.45, 2.75) is 44.6 Å². The van der Waals surface area contributed by atoms with Crippen molar-refractivity contribution >= 4 is 33.8 Å². The highest BCUT2D eigenvalue weighted by atomic mass is 32.1. The standard InChI is InChI=1S/C14H17N5OS2/c1-7-6-21-12(15-7)10(8-2-3-8)16-13(20)17-14-19-18-11(22-14)9-4-5-9/h6,8-10H,2-5H2,1H3,(H2,16,17,19,20)/t10-/m0/s1. The van der Waals surface area contributed by atoms with Crippen molar-refractivity contribution < 1.29 is 4.79 Å². The maximum absolute atomic E-state index is 12.2. The molecule has 2 aromatic heterocycles. The molecule has 2 saturated carbocycles. The van der Waals surface area contributed by atoms with E-state index in [0.29, 0.717) is 17.0 Å². The number of nitrogens with zero attached hydrogens (tertiary/aromatic N) is 3. The summed E-state index contributed by atoms with van der Waals surface area (Å²) >= 11 is 3.09. The van der Waals surface area contributed by atoms with E-state index >= 15 is 0 Å². The van der Waals surface area contributed by atoms with Crippen LogP contribution in [0.2, 0.25) is 0 Å². The van der Waals surface area contributed by atoms with Crippen LogP contribution in [0.5, 0.6) is 0 Å². The maximum atomic E-state index is 12.2. The second-order valence-electron chi connectivity index (χ2n) is 5.96. The van der Waals surface area contributed by atoms with Gasteiger partial charge in [0.1, 0.15) is 10.0 Å². The number of amides is 2. The van der Waals surface area contributed by atoms with Crippen LogP contribution in [-0.2, 0) is 0 Å². The minimum absolute atomic E-state index is 0.00882. The molecule has 0 radical (unpaired) electrons. The number of rotatable bonds is 5. The number of carbonyl (C=O) groups excluding carboxylic acids is 1. The van der Waals surface area contributed by atoms with Crippen molar-refractivity contribution in [2.24, 2.45) is 5.92 Å². The summed E-state index contributed by atoms with van der Waals surface area (Å²) in [5.74, 6) is 1.07. The smallest absolute Gasteiger partial charge is 0.321 e. The monoisotopic (exact) mass is 335 g/mol. The van der Waals surface area contributed by atoms with E-state index in [2.05, 4.69) is 25.8 Å². The van der Waals surface area contributed by atoms with Gasteiger partial charge in [-0.05, 0) is 38.5 Å². The van der Waals surface area contributed by atoms with Crippen LogP contribution in [0.4, 0.5) is 9.93 Å². The lowest BCUT2D eigenvalue weighted by Gasteiger charge is -2.15. The quantitative estimate of drug-likeness (QED) is 0.877. The van der Waals surface area contributed by atoms with E-state index in [1.165, 1.54) is 24.2 Å². The zero-order valence-electron chi connectivity index (χ0n) is 12.2. The van der Waals surface area contributed by atoms with Gasteiger partial charge in [0.25, 0.3) is 0 Å². The number of carbonyl (C=O) groups is 1. The molecule has 6 nitrogen and oxygen atoms in total. The van der Waals surface area contributed by atoms with Crippen LogP contribution in [0.25, 0.3) is 0 Å². The van der Waals surface area contributed by atoms with Gasteiger partial charge >= 0.3 is 6.03 Å². The molecule has 2 aliphatic carbocycles. The third kappa shape index (κ3) is 3.12. The Morgan fingerprint density at radius 1 is 1.32 bits per heavy atom. The second-order valence-corrected chi connectivity index (χ2v) is 7.86. The van der Waals surface area contributed by atoms with Crippen LogP contribution in [0, 0.1) is 12.8 Å². The largest absolute Gasteiger partial charge is 0.328 e. The van der Waals surface area contributed by atoms with Crippen molar-refractivity contribution in [1.29, 1.82) is 0 Å². The Kier molecular flexibility index (Phi) is 3.57. The Bertz CT molecular complexity index is 689. The molecule has 2 N–H and O–H groups in total. The molecule has 0 bridgehead atoms. The highest BCUT2D eigenvalue weighted by Crippen LogP contribution is 2.43. The summed E-state index contributed by atoms with van der Waals surface area (Å²) in [5.41, 5.74) is 1.01. The number of anilines is 1. The zero-order valence-corrected chi connectivity index (χ0v) is 13.8. The van der Waals surface area contributed by atoms with Gasteiger partial charge in [-0.15, -0.1) is 21.5 Å². The average molecular weight is 335 g/mol. The molecular formula is C14H17N5OS2. The third-order valence-electron chi connectivity index (χ3n) is 3.87. The molecule has 2 fully saturated rings. The Labute approximate surface area is 136 Å². The molecule has 0 unspecified atom stereocenters. The second kappa shape index (κ2) is 5.58. The van der Waals surface area contributed by atoms with Gasteiger partial charge in [0, 0.05) is 17.0 Å². The minimum atomic E-state index is -0.219. The SMILES string of the molecule is Cc1csc([C@@H](NC(=O)Nc2nnc(C3CC3)s2)C2CC2)n1. The van der Waals surface area contributed by atoms with E-state index in [4.69, 9.17) is 0 Å². The Balaban J connectivity index is 1.40. The molecule has 0 saturated heterocycles. The van der Waals surface area contributed by atoms with Gasteiger partial charge in [-0.3, -0.25) is 5.32 Å². The average Bonchev–Trinajstić information content (AvgIpc) is 3.41. The number of aromatic nitrogens is 3. The summed E-state index contributed by atoms with van der Waals surface area (Å²) in [5, 5.41) is 18.7. The number of thiazole rings is 1. The van der Waals surface area contributed by atoms with Gasteiger partial charge in [0.05, 0.1) is 6.04 Å². The van der Waals surface area contributed by atoms with Crippen LogP contribution in [0.3, 0.4) is 0 Å². The molecule has 2 aromatic rings. The summed E-state index contributed by atoms with van der Waals surface area (Å²) in [7, 11) is 0. The molecule has 4 rings (SSSR count). The van der Waals surface area contributed by atoms with Crippen molar-refractivity contribution in [3.05, 3.63) is 21.1 Å². The first-order valence-corrected chi connectivity index (χ1v) is 9.21. The first kappa shape index (κ1) is 14.1. The van der Waals surface area contributed by atoms with E-state index < -0.39 is 0 Å². The Hall–Kier alpha value is -1.54. The highest BCUT2D eigenvalue weighted by Gasteiger charge is 2.35. The molecule has 0 aromatic carbocycles. The Morgan fingerprint density at radius 3 is 2.77 bits per heavy atom. The molecule has 1 atom stereocenters. The maximum Gasteiger partial charge on any atom is 0.321 e. The molecular weight excluding hydrogens is 318 g/mol. The van der Waals surface area contributed by atoms with Gasteiger partial charge < -0.3 is 5.32 Å². The Morgan fingerprint density at radius 2 is 2.14 bits per heavy atom. The first-order chi connectivity index (χ1) is 10.7. The zero-order chi connectivity index (χ0) is 15.1. The predicted octanol–water partition coefficient (Wildman–Crippen LogP) is 3.45. The van der Waals surface area contributed by atoms with Crippen LogP contribution in [-0.4, -0.2) is 21.2 Å². The van der Waals surface area contributed by atoms with Crippen LogP contribution in [0.1, 0.15) is 53.4 Å². The predicted molar refractivity (Wildman–Crippen MR) is 86.4 cm³/mol. The summed E-state index contributed by atoms with van der Waals surface area (Å²) in [6.45, 7) is 1.98.